The van der Waals surface area contributed by atoms with Crippen molar-refractivity contribution in [3.05, 3.63) is 23.8 Å². The fraction of sp³-hybridized carbons (Fsp3) is 0.724. The van der Waals surface area contributed by atoms with E-state index >= 15 is 0 Å². The lowest BCUT2D eigenvalue weighted by Crippen LogP contribution is -2.58. The van der Waals surface area contributed by atoms with E-state index < -0.39 is 23.3 Å². The van der Waals surface area contributed by atoms with Crippen molar-refractivity contribution in [3.8, 4) is 11.5 Å². The zero-order chi connectivity index (χ0) is 27.1. The molecule has 206 valence electrons. The average molecular weight is 517 g/mol. The molecular formula is C29H44N2O6. The number of likely N-dealkylation sites (tertiary alicyclic amines) is 1. The number of hydrogen-bond acceptors (Lipinski definition) is 6. The van der Waals surface area contributed by atoms with Gasteiger partial charge in [-0.25, -0.2) is 4.79 Å². The van der Waals surface area contributed by atoms with Gasteiger partial charge < -0.3 is 29.2 Å². The van der Waals surface area contributed by atoms with E-state index in [1.807, 2.05) is 37.8 Å². The lowest BCUT2D eigenvalue weighted by atomic mass is 9.70. The molecule has 2 amide bonds. The second-order valence-electron chi connectivity index (χ2n) is 12.7. The van der Waals surface area contributed by atoms with Crippen LogP contribution in [0.15, 0.2) is 18.2 Å². The number of rotatable bonds is 5. The second kappa shape index (κ2) is 10.4. The molecule has 1 aromatic carbocycles. The standard InChI is InChI=1S/C29H44N2O6/c1-17(2)13-22(30-27(33)37-28(3,4)5)26(32)31-12-11-23-18(16-31)14-21-25(35-23)20-10-9-19(34-8)15-24(20)36-29(21,6)7/h9-10,15,17-18,21-23,25H,11-14,16H2,1-8H3,(H,30,33)/t18-,21+,22-,23+,25-/m0/s1. The number of fused-ring (bicyclic) bond motifs is 4. The number of nitrogens with one attached hydrogen (secondary N) is 1. The smallest absolute Gasteiger partial charge is 0.408 e. The molecule has 3 aliphatic rings. The average Bonchev–Trinajstić information content (AvgIpc) is 2.79. The molecule has 3 heterocycles. The minimum absolute atomic E-state index is 0.0447. The first-order chi connectivity index (χ1) is 17.3. The summed E-state index contributed by atoms with van der Waals surface area (Å²) in [4.78, 5) is 28.0. The van der Waals surface area contributed by atoms with Crippen LogP contribution in [0.4, 0.5) is 4.79 Å². The summed E-state index contributed by atoms with van der Waals surface area (Å²) in [6.45, 7) is 15.0. The van der Waals surface area contributed by atoms with Crippen molar-refractivity contribution < 1.29 is 28.5 Å². The Hall–Kier alpha value is -2.48. The van der Waals surface area contributed by atoms with Gasteiger partial charge in [0.05, 0.1) is 19.3 Å². The molecule has 3 aliphatic heterocycles. The molecule has 2 saturated heterocycles. The molecule has 8 heteroatoms. The number of nitrogens with zero attached hydrogens (tertiary/aromatic N) is 1. The normalized spacial score (nSPS) is 27.2. The van der Waals surface area contributed by atoms with Gasteiger partial charge in [0.25, 0.3) is 0 Å². The summed E-state index contributed by atoms with van der Waals surface area (Å²) >= 11 is 0. The number of carbonyl (C=O) groups is 2. The Bertz CT molecular complexity index is 1000. The maximum Gasteiger partial charge on any atom is 0.408 e. The highest BCUT2D eigenvalue weighted by Gasteiger charge is 2.52. The third-order valence-corrected chi connectivity index (χ3v) is 7.71. The molecule has 1 aromatic rings. The van der Waals surface area contributed by atoms with Crippen LogP contribution in [0, 0.1) is 17.8 Å². The van der Waals surface area contributed by atoms with E-state index in [4.69, 9.17) is 18.9 Å². The minimum atomic E-state index is -0.623. The van der Waals surface area contributed by atoms with Gasteiger partial charge in [-0.15, -0.1) is 0 Å². The number of alkyl carbamates (subject to hydrolysis) is 1. The third kappa shape index (κ3) is 6.16. The van der Waals surface area contributed by atoms with E-state index in [0.717, 1.165) is 29.9 Å². The first kappa shape index (κ1) is 27.6. The van der Waals surface area contributed by atoms with E-state index in [0.29, 0.717) is 19.5 Å². The Balaban J connectivity index is 1.47. The van der Waals surface area contributed by atoms with E-state index in [9.17, 15) is 9.59 Å². The van der Waals surface area contributed by atoms with Gasteiger partial charge in [0.1, 0.15) is 28.7 Å². The van der Waals surface area contributed by atoms with Crippen molar-refractivity contribution in [2.45, 2.75) is 97.2 Å². The van der Waals surface area contributed by atoms with Gasteiger partial charge in [0.2, 0.25) is 5.91 Å². The van der Waals surface area contributed by atoms with E-state index in [2.05, 4.69) is 39.1 Å². The van der Waals surface area contributed by atoms with Crippen LogP contribution < -0.4 is 14.8 Å². The van der Waals surface area contributed by atoms with Crippen LogP contribution >= 0.6 is 0 Å². The highest BCUT2D eigenvalue weighted by molar-refractivity contribution is 5.86. The summed E-state index contributed by atoms with van der Waals surface area (Å²) in [6.07, 6.45) is 1.72. The van der Waals surface area contributed by atoms with Gasteiger partial charge in [-0.1, -0.05) is 13.8 Å². The Morgan fingerprint density at radius 1 is 1.24 bits per heavy atom. The second-order valence-corrected chi connectivity index (χ2v) is 12.7. The number of benzene rings is 1. The zero-order valence-electron chi connectivity index (χ0n) is 23.6. The summed E-state index contributed by atoms with van der Waals surface area (Å²) in [6, 6.07) is 5.34. The lowest BCUT2D eigenvalue weighted by Gasteiger charge is -2.53. The number of carbonyl (C=O) groups excluding carboxylic acids is 2. The van der Waals surface area contributed by atoms with E-state index in [1.165, 1.54) is 0 Å². The Morgan fingerprint density at radius 2 is 1.97 bits per heavy atom. The number of hydrogen-bond donors (Lipinski definition) is 1. The van der Waals surface area contributed by atoms with Gasteiger partial charge >= 0.3 is 6.09 Å². The summed E-state index contributed by atoms with van der Waals surface area (Å²) in [5.74, 6) is 2.17. The van der Waals surface area contributed by atoms with Crippen LogP contribution in [0.5, 0.6) is 11.5 Å². The van der Waals surface area contributed by atoms with Crippen molar-refractivity contribution in [1.29, 1.82) is 0 Å². The van der Waals surface area contributed by atoms with Crippen LogP contribution in [0.1, 0.15) is 79.4 Å². The van der Waals surface area contributed by atoms with Crippen LogP contribution in [0.3, 0.4) is 0 Å². The van der Waals surface area contributed by atoms with E-state index in [-0.39, 0.29) is 35.9 Å². The van der Waals surface area contributed by atoms with Crippen molar-refractivity contribution in [3.63, 3.8) is 0 Å². The minimum Gasteiger partial charge on any atom is -0.497 e. The van der Waals surface area contributed by atoms with E-state index in [1.54, 1.807) is 7.11 Å². The molecule has 0 saturated carbocycles. The van der Waals surface area contributed by atoms with Crippen LogP contribution in [0.2, 0.25) is 0 Å². The lowest BCUT2D eigenvalue weighted by molar-refractivity contribution is -0.189. The summed E-state index contributed by atoms with van der Waals surface area (Å²) in [7, 11) is 1.66. The number of piperidine rings is 1. The Labute approximate surface area is 221 Å². The Kier molecular flexibility index (Phi) is 7.71. The van der Waals surface area contributed by atoms with Crippen LogP contribution in [-0.4, -0.2) is 60.4 Å². The summed E-state index contributed by atoms with van der Waals surface area (Å²) < 4.78 is 24.0. The molecule has 1 N–H and O–H groups in total. The van der Waals surface area contributed by atoms with Gasteiger partial charge in [0.15, 0.2) is 0 Å². The Morgan fingerprint density at radius 3 is 2.62 bits per heavy atom. The van der Waals surface area contributed by atoms with Gasteiger partial charge in [-0.05, 0) is 71.9 Å². The molecule has 0 spiro atoms. The maximum absolute atomic E-state index is 13.6. The zero-order valence-corrected chi connectivity index (χ0v) is 23.6. The number of methoxy groups -OCH3 is 1. The molecule has 37 heavy (non-hydrogen) atoms. The van der Waals surface area contributed by atoms with Crippen molar-refractivity contribution in [1.82, 2.24) is 10.2 Å². The first-order valence-electron chi connectivity index (χ1n) is 13.6. The SMILES string of the molecule is COc1ccc2c(c1)OC(C)(C)[C@@H]1C[C@H]3CN(C(=O)[C@H](CC(C)C)NC(=O)OC(C)(C)C)CC[C@H]3O[C@@H]21. The fourth-order valence-electron chi connectivity index (χ4n) is 5.97. The fourth-order valence-corrected chi connectivity index (χ4v) is 5.97. The predicted octanol–water partition coefficient (Wildman–Crippen LogP) is 5.10. The van der Waals surface area contributed by atoms with Crippen LogP contribution in [-0.2, 0) is 14.3 Å². The van der Waals surface area contributed by atoms with Crippen LogP contribution in [0.25, 0.3) is 0 Å². The molecule has 0 aliphatic carbocycles. The number of amides is 2. The highest BCUT2D eigenvalue weighted by Crippen LogP contribution is 2.53. The molecule has 0 aromatic heterocycles. The molecule has 0 bridgehead atoms. The monoisotopic (exact) mass is 516 g/mol. The summed E-state index contributed by atoms with van der Waals surface area (Å²) in [5.41, 5.74) is 0.0305. The molecule has 0 radical (unpaired) electrons. The third-order valence-electron chi connectivity index (χ3n) is 7.71. The maximum atomic E-state index is 13.6. The molecular weight excluding hydrogens is 472 g/mol. The van der Waals surface area contributed by atoms with Crippen molar-refractivity contribution >= 4 is 12.0 Å². The molecule has 8 nitrogen and oxygen atoms in total. The molecule has 0 unspecified atom stereocenters. The topological polar surface area (TPSA) is 86.3 Å². The predicted molar refractivity (Wildman–Crippen MR) is 141 cm³/mol. The molecule has 4 rings (SSSR count). The first-order valence-corrected chi connectivity index (χ1v) is 13.6. The van der Waals surface area contributed by atoms with Crippen molar-refractivity contribution in [2.75, 3.05) is 20.2 Å². The quantitative estimate of drug-likeness (QED) is 0.586. The largest absolute Gasteiger partial charge is 0.497 e. The van der Waals surface area contributed by atoms with Gasteiger partial charge in [-0.3, -0.25) is 4.79 Å². The van der Waals surface area contributed by atoms with Gasteiger partial charge in [-0.2, -0.15) is 0 Å². The summed E-state index contributed by atoms with van der Waals surface area (Å²) in [5, 5.41) is 2.84. The van der Waals surface area contributed by atoms with Gasteiger partial charge in [0, 0.05) is 36.6 Å². The molecule has 2 fully saturated rings. The van der Waals surface area contributed by atoms with Crippen molar-refractivity contribution in [2.24, 2.45) is 17.8 Å². The molecule has 5 atom stereocenters. The highest BCUT2D eigenvalue weighted by atomic mass is 16.6. The number of ether oxygens (including phenoxy) is 4.